The summed E-state index contributed by atoms with van der Waals surface area (Å²) >= 11 is 0. The van der Waals surface area contributed by atoms with E-state index in [-0.39, 0.29) is 0 Å². The molecule has 0 bridgehead atoms. The predicted molar refractivity (Wildman–Crippen MR) is 51.1 cm³/mol. The number of para-hydroxylation sites is 1. The Morgan fingerprint density at radius 1 is 1.29 bits per heavy atom. The van der Waals surface area contributed by atoms with Gasteiger partial charge in [-0.1, -0.05) is 23.4 Å². The molecule has 14 heavy (non-hydrogen) atoms. The van der Waals surface area contributed by atoms with Gasteiger partial charge in [-0.25, -0.2) is 4.68 Å². The third kappa shape index (κ3) is 1.54. The van der Waals surface area contributed by atoms with E-state index >= 15 is 0 Å². The zero-order valence-corrected chi connectivity index (χ0v) is 7.50. The lowest BCUT2D eigenvalue weighted by Crippen LogP contribution is -2.02. The molecule has 0 saturated carbocycles. The molecule has 0 atom stereocenters. The second-order valence-corrected chi connectivity index (χ2v) is 2.84. The summed E-state index contributed by atoms with van der Waals surface area (Å²) in [6.07, 6.45) is 2.78. The van der Waals surface area contributed by atoms with Gasteiger partial charge in [0.2, 0.25) is 0 Å². The van der Waals surface area contributed by atoms with E-state index in [2.05, 4.69) is 10.3 Å². The summed E-state index contributed by atoms with van der Waals surface area (Å²) in [5, 5.41) is 7.68. The minimum Gasteiger partial charge on any atom is -0.303 e. The lowest BCUT2D eigenvalue weighted by Gasteiger charge is -2.02. The zero-order valence-electron chi connectivity index (χ0n) is 7.50. The first-order chi connectivity index (χ1) is 6.92. The maximum absolute atomic E-state index is 10.4. The molecule has 0 saturated heterocycles. The van der Waals surface area contributed by atoms with Crippen LogP contribution in [-0.2, 0) is 11.2 Å². The number of rotatable bonds is 3. The molecule has 1 aromatic heterocycles. The Kier molecular flexibility index (Phi) is 2.36. The average Bonchev–Trinajstić information content (AvgIpc) is 2.68. The largest absolute Gasteiger partial charge is 0.303 e. The summed E-state index contributed by atoms with van der Waals surface area (Å²) in [4.78, 5) is 10.4. The van der Waals surface area contributed by atoms with Crippen molar-refractivity contribution in [2.75, 3.05) is 0 Å². The lowest BCUT2D eigenvalue weighted by atomic mass is 10.3. The van der Waals surface area contributed by atoms with Gasteiger partial charge in [-0.3, -0.25) is 0 Å². The first-order valence-corrected chi connectivity index (χ1v) is 4.30. The van der Waals surface area contributed by atoms with Gasteiger partial charge in [-0.2, -0.15) is 0 Å². The van der Waals surface area contributed by atoms with Crippen LogP contribution in [0.15, 0.2) is 36.5 Å². The third-order valence-electron chi connectivity index (χ3n) is 1.91. The van der Waals surface area contributed by atoms with Gasteiger partial charge in [-0.15, -0.1) is 5.10 Å². The van der Waals surface area contributed by atoms with Crippen molar-refractivity contribution in [3.63, 3.8) is 0 Å². The highest BCUT2D eigenvalue weighted by molar-refractivity contribution is 5.54. The number of aromatic nitrogens is 3. The van der Waals surface area contributed by atoms with Gasteiger partial charge in [0.05, 0.1) is 17.6 Å². The molecule has 4 nitrogen and oxygen atoms in total. The molecule has 0 aliphatic rings. The average molecular weight is 187 g/mol. The summed E-state index contributed by atoms with van der Waals surface area (Å²) in [7, 11) is 0. The van der Waals surface area contributed by atoms with E-state index < -0.39 is 0 Å². The van der Waals surface area contributed by atoms with E-state index in [1.54, 1.807) is 10.9 Å². The molecule has 0 unspecified atom stereocenters. The number of carbonyl (C=O) groups is 1. The van der Waals surface area contributed by atoms with Crippen LogP contribution in [0.5, 0.6) is 0 Å². The highest BCUT2D eigenvalue weighted by Crippen LogP contribution is 2.07. The molecule has 0 spiro atoms. The number of benzene rings is 1. The Labute approximate surface area is 81.2 Å². The van der Waals surface area contributed by atoms with Crippen LogP contribution in [0.3, 0.4) is 0 Å². The molecule has 2 aromatic rings. The maximum Gasteiger partial charge on any atom is 0.126 e. The van der Waals surface area contributed by atoms with Gasteiger partial charge in [0.15, 0.2) is 0 Å². The first kappa shape index (κ1) is 8.62. The van der Waals surface area contributed by atoms with Crippen molar-refractivity contribution in [3.05, 3.63) is 42.2 Å². The van der Waals surface area contributed by atoms with Gasteiger partial charge in [0, 0.05) is 6.42 Å². The van der Waals surface area contributed by atoms with Crippen LogP contribution in [0.2, 0.25) is 0 Å². The van der Waals surface area contributed by atoms with Gasteiger partial charge >= 0.3 is 0 Å². The molecule has 1 heterocycles. The molecular weight excluding hydrogens is 178 g/mol. The monoisotopic (exact) mass is 187 g/mol. The molecule has 4 heteroatoms. The molecule has 0 N–H and O–H groups in total. The van der Waals surface area contributed by atoms with Crippen LogP contribution in [0, 0.1) is 0 Å². The fourth-order valence-electron chi connectivity index (χ4n) is 1.27. The van der Waals surface area contributed by atoms with Crippen molar-refractivity contribution in [3.8, 4) is 5.69 Å². The zero-order chi connectivity index (χ0) is 9.80. The van der Waals surface area contributed by atoms with Crippen LogP contribution in [0.25, 0.3) is 5.69 Å². The van der Waals surface area contributed by atoms with Gasteiger partial charge in [-0.05, 0) is 12.1 Å². The molecule has 0 aliphatic carbocycles. The highest BCUT2D eigenvalue weighted by atomic mass is 16.1. The van der Waals surface area contributed by atoms with Crippen molar-refractivity contribution in [1.29, 1.82) is 0 Å². The van der Waals surface area contributed by atoms with Gasteiger partial charge < -0.3 is 4.79 Å². The lowest BCUT2D eigenvalue weighted by molar-refractivity contribution is -0.107. The summed E-state index contributed by atoms with van der Waals surface area (Å²) in [6.45, 7) is 0. The fraction of sp³-hybridized carbons (Fsp3) is 0.100. The van der Waals surface area contributed by atoms with Crippen molar-refractivity contribution in [2.24, 2.45) is 0 Å². The van der Waals surface area contributed by atoms with E-state index in [9.17, 15) is 4.79 Å². The summed E-state index contributed by atoms with van der Waals surface area (Å²) < 4.78 is 1.66. The van der Waals surface area contributed by atoms with Gasteiger partial charge in [0.25, 0.3) is 0 Å². The van der Waals surface area contributed by atoms with Gasteiger partial charge in [0.1, 0.15) is 6.29 Å². The van der Waals surface area contributed by atoms with Crippen molar-refractivity contribution in [2.45, 2.75) is 6.42 Å². The SMILES string of the molecule is O=CCc1cnnn1-c1ccccc1. The Morgan fingerprint density at radius 3 is 2.79 bits per heavy atom. The Morgan fingerprint density at radius 2 is 2.07 bits per heavy atom. The van der Waals surface area contributed by atoms with E-state index in [1.807, 2.05) is 30.3 Å². The van der Waals surface area contributed by atoms with E-state index in [4.69, 9.17) is 0 Å². The summed E-state index contributed by atoms with van der Waals surface area (Å²) in [5.41, 5.74) is 1.72. The molecule has 0 radical (unpaired) electrons. The second-order valence-electron chi connectivity index (χ2n) is 2.84. The second kappa shape index (κ2) is 3.83. The van der Waals surface area contributed by atoms with Crippen molar-refractivity contribution in [1.82, 2.24) is 15.0 Å². The van der Waals surface area contributed by atoms with Crippen LogP contribution >= 0.6 is 0 Å². The summed E-state index contributed by atoms with van der Waals surface area (Å²) in [6, 6.07) is 9.61. The predicted octanol–water partition coefficient (Wildman–Crippen LogP) is 1.01. The Balaban J connectivity index is 2.41. The van der Waals surface area contributed by atoms with Crippen LogP contribution < -0.4 is 0 Å². The molecule has 0 fully saturated rings. The molecule has 0 amide bonds. The van der Waals surface area contributed by atoms with E-state index in [0.717, 1.165) is 17.7 Å². The maximum atomic E-state index is 10.4. The van der Waals surface area contributed by atoms with Crippen LogP contribution in [0.4, 0.5) is 0 Å². The number of nitrogens with zero attached hydrogens (tertiary/aromatic N) is 3. The van der Waals surface area contributed by atoms with Crippen LogP contribution in [-0.4, -0.2) is 21.3 Å². The standard InChI is InChI=1S/C10H9N3O/c14-7-6-10-8-11-12-13(10)9-4-2-1-3-5-9/h1-5,7-8H,6H2. The van der Waals surface area contributed by atoms with Crippen molar-refractivity contribution >= 4 is 6.29 Å². The fourth-order valence-corrected chi connectivity index (χ4v) is 1.27. The molecule has 2 rings (SSSR count). The number of aldehydes is 1. The van der Waals surface area contributed by atoms with E-state index in [0.29, 0.717) is 6.42 Å². The smallest absolute Gasteiger partial charge is 0.126 e. The molecule has 0 aliphatic heterocycles. The Hall–Kier alpha value is -1.97. The Bertz CT molecular complexity index is 422. The first-order valence-electron chi connectivity index (χ1n) is 4.30. The summed E-state index contributed by atoms with van der Waals surface area (Å²) in [5.74, 6) is 0. The molecular formula is C10H9N3O. The van der Waals surface area contributed by atoms with Crippen LogP contribution in [0.1, 0.15) is 5.69 Å². The quantitative estimate of drug-likeness (QED) is 0.674. The third-order valence-corrected chi connectivity index (χ3v) is 1.91. The number of hydrogen-bond acceptors (Lipinski definition) is 3. The highest BCUT2D eigenvalue weighted by Gasteiger charge is 2.03. The van der Waals surface area contributed by atoms with E-state index in [1.165, 1.54) is 0 Å². The minimum absolute atomic E-state index is 0.335. The molecule has 1 aromatic carbocycles. The topological polar surface area (TPSA) is 47.8 Å². The number of carbonyl (C=O) groups excluding carboxylic acids is 1. The molecule has 70 valence electrons. The number of hydrogen-bond donors (Lipinski definition) is 0. The minimum atomic E-state index is 0.335. The van der Waals surface area contributed by atoms with Crippen molar-refractivity contribution < 1.29 is 4.79 Å². The normalized spacial score (nSPS) is 10.0.